The summed E-state index contributed by atoms with van der Waals surface area (Å²) in [5.41, 5.74) is 0.580. The lowest BCUT2D eigenvalue weighted by Crippen LogP contribution is -2.24. The Morgan fingerprint density at radius 3 is 2.79 bits per heavy atom. The largest absolute Gasteiger partial charge is 0.291 e. The highest BCUT2D eigenvalue weighted by Gasteiger charge is 2.10. The van der Waals surface area contributed by atoms with E-state index in [0.717, 1.165) is 12.4 Å². The van der Waals surface area contributed by atoms with Crippen LogP contribution in [0, 0.1) is 12.8 Å². The maximum Gasteiger partial charge on any atom is 0.268 e. The lowest BCUT2D eigenvalue weighted by Gasteiger charge is -2.10. The number of nitrogens with zero attached hydrogens (tertiary/aromatic N) is 5. The van der Waals surface area contributed by atoms with Crippen LogP contribution >= 0.6 is 15.9 Å². The van der Waals surface area contributed by atoms with Crippen LogP contribution in [0.3, 0.4) is 0 Å². The van der Waals surface area contributed by atoms with Crippen LogP contribution in [0.25, 0.3) is 0 Å². The van der Waals surface area contributed by atoms with E-state index >= 15 is 0 Å². The summed E-state index contributed by atoms with van der Waals surface area (Å²) in [4.78, 5) is 20.4. The molecule has 0 saturated heterocycles. The Hall–Kier alpha value is -1.50. The molecule has 2 aromatic heterocycles. The van der Waals surface area contributed by atoms with Crippen LogP contribution < -0.4 is 5.56 Å². The van der Waals surface area contributed by atoms with Crippen LogP contribution in [0.1, 0.15) is 25.4 Å². The molecule has 0 bridgehead atoms. The first-order valence-electron chi connectivity index (χ1n) is 6.07. The monoisotopic (exact) mass is 325 g/mol. The van der Waals surface area contributed by atoms with Crippen molar-refractivity contribution < 1.29 is 0 Å². The van der Waals surface area contributed by atoms with E-state index in [9.17, 15) is 4.79 Å². The molecule has 19 heavy (non-hydrogen) atoms. The predicted octanol–water partition coefficient (Wildman–Crippen LogP) is 1.61. The first-order chi connectivity index (χ1) is 8.99. The van der Waals surface area contributed by atoms with Crippen molar-refractivity contribution in [1.29, 1.82) is 0 Å². The van der Waals surface area contributed by atoms with Crippen LogP contribution in [-0.4, -0.2) is 24.3 Å². The number of rotatable bonds is 4. The maximum absolute atomic E-state index is 12.1. The molecule has 0 atom stereocenters. The Kier molecular flexibility index (Phi) is 4.14. The molecule has 2 aromatic rings. The molecule has 0 aromatic carbocycles. The Morgan fingerprint density at radius 1 is 1.37 bits per heavy atom. The number of hydrogen-bond donors (Lipinski definition) is 0. The quantitative estimate of drug-likeness (QED) is 0.856. The highest BCUT2D eigenvalue weighted by Crippen LogP contribution is 2.07. The van der Waals surface area contributed by atoms with Gasteiger partial charge in [-0.2, -0.15) is 5.10 Å². The van der Waals surface area contributed by atoms with Gasteiger partial charge in [0.2, 0.25) is 0 Å². The summed E-state index contributed by atoms with van der Waals surface area (Å²) in [5, 5.41) is 4.18. The van der Waals surface area contributed by atoms with Crippen molar-refractivity contribution in [2.24, 2.45) is 5.92 Å². The lowest BCUT2D eigenvalue weighted by atomic mass is 10.2. The lowest BCUT2D eigenvalue weighted by molar-refractivity contribution is 0.459. The highest BCUT2D eigenvalue weighted by atomic mass is 79.9. The molecule has 0 aliphatic carbocycles. The zero-order chi connectivity index (χ0) is 14.0. The summed E-state index contributed by atoms with van der Waals surface area (Å²) in [6.45, 7) is 7.17. The van der Waals surface area contributed by atoms with E-state index in [0.29, 0.717) is 22.6 Å². The molecule has 7 heteroatoms. The summed E-state index contributed by atoms with van der Waals surface area (Å²) >= 11 is 3.25. The summed E-state index contributed by atoms with van der Waals surface area (Å²) in [6.07, 6.45) is 3.05. The molecule has 2 rings (SSSR count). The van der Waals surface area contributed by atoms with Gasteiger partial charge < -0.3 is 0 Å². The summed E-state index contributed by atoms with van der Waals surface area (Å²) in [5.74, 6) is 1.23. The minimum absolute atomic E-state index is 0.105. The molecular weight excluding hydrogens is 310 g/mol. The zero-order valence-electron chi connectivity index (χ0n) is 11.2. The number of aromatic nitrogens is 5. The first kappa shape index (κ1) is 13.9. The molecule has 0 aliphatic heterocycles. The van der Waals surface area contributed by atoms with Gasteiger partial charge in [0.1, 0.15) is 16.6 Å². The third kappa shape index (κ3) is 3.09. The van der Waals surface area contributed by atoms with Gasteiger partial charge in [-0.3, -0.25) is 9.36 Å². The van der Waals surface area contributed by atoms with Crippen molar-refractivity contribution in [3.63, 3.8) is 0 Å². The van der Waals surface area contributed by atoms with E-state index in [-0.39, 0.29) is 5.56 Å². The fourth-order valence-electron chi connectivity index (χ4n) is 1.72. The van der Waals surface area contributed by atoms with Crippen LogP contribution in [0.2, 0.25) is 0 Å². The molecule has 0 amide bonds. The zero-order valence-corrected chi connectivity index (χ0v) is 12.8. The van der Waals surface area contributed by atoms with E-state index in [1.807, 2.05) is 4.68 Å². The fraction of sp³-hybridized carbons (Fsp3) is 0.500. The van der Waals surface area contributed by atoms with Gasteiger partial charge >= 0.3 is 0 Å². The smallest absolute Gasteiger partial charge is 0.268 e. The number of halogens is 1. The minimum Gasteiger partial charge on any atom is -0.291 e. The van der Waals surface area contributed by atoms with Crippen molar-refractivity contribution in [1.82, 2.24) is 24.3 Å². The molecule has 0 aliphatic rings. The predicted molar refractivity (Wildman–Crippen MR) is 74.9 cm³/mol. The molecule has 0 N–H and O–H groups in total. The molecule has 6 nitrogen and oxygen atoms in total. The van der Waals surface area contributed by atoms with Gasteiger partial charge in [-0.1, -0.05) is 13.8 Å². The second-order valence-corrected chi connectivity index (χ2v) is 5.62. The highest BCUT2D eigenvalue weighted by molar-refractivity contribution is 9.10. The average Bonchev–Trinajstić information content (AvgIpc) is 2.77. The van der Waals surface area contributed by atoms with Crippen molar-refractivity contribution in [2.75, 3.05) is 0 Å². The Balaban J connectivity index is 2.30. The van der Waals surface area contributed by atoms with Gasteiger partial charge in [0.25, 0.3) is 5.56 Å². The van der Waals surface area contributed by atoms with Crippen molar-refractivity contribution >= 4 is 15.9 Å². The molecule has 0 spiro atoms. The van der Waals surface area contributed by atoms with Crippen LogP contribution in [0.5, 0.6) is 0 Å². The normalized spacial score (nSPS) is 11.2. The first-order valence-corrected chi connectivity index (χ1v) is 6.86. The molecule has 0 fully saturated rings. The third-order valence-corrected chi connectivity index (χ3v) is 3.62. The van der Waals surface area contributed by atoms with Gasteiger partial charge in [-0.05, 0) is 28.8 Å². The van der Waals surface area contributed by atoms with Crippen LogP contribution in [0.15, 0.2) is 21.9 Å². The van der Waals surface area contributed by atoms with E-state index in [4.69, 9.17) is 0 Å². The van der Waals surface area contributed by atoms with Gasteiger partial charge in [-0.25, -0.2) is 14.6 Å². The topological polar surface area (TPSA) is 65.6 Å². The van der Waals surface area contributed by atoms with Gasteiger partial charge in [0, 0.05) is 6.54 Å². The van der Waals surface area contributed by atoms with E-state index in [1.54, 1.807) is 6.92 Å². The third-order valence-electron chi connectivity index (χ3n) is 2.70. The molecule has 2 heterocycles. The van der Waals surface area contributed by atoms with Crippen LogP contribution in [-0.2, 0) is 13.1 Å². The molecule has 0 radical (unpaired) electrons. The van der Waals surface area contributed by atoms with Gasteiger partial charge in [-0.15, -0.1) is 0 Å². The Bertz CT molecular complexity index is 631. The Labute approximate surface area is 119 Å². The van der Waals surface area contributed by atoms with Crippen LogP contribution in [0.4, 0.5) is 0 Å². The second-order valence-electron chi connectivity index (χ2n) is 4.83. The Morgan fingerprint density at radius 2 is 2.11 bits per heavy atom. The summed E-state index contributed by atoms with van der Waals surface area (Å²) < 4.78 is 3.84. The van der Waals surface area contributed by atoms with E-state index in [1.165, 1.54) is 17.2 Å². The molecule has 0 saturated carbocycles. The summed E-state index contributed by atoms with van der Waals surface area (Å²) in [6, 6.07) is 0. The molecule has 0 unspecified atom stereocenters. The second kappa shape index (κ2) is 5.64. The van der Waals surface area contributed by atoms with Crippen molar-refractivity contribution in [3.05, 3.63) is 39.0 Å². The standard InChI is InChI=1S/C12H16BrN5O/c1-8(2)4-18-10(14-6-16-18)5-17-7-15-9(3)11(13)12(17)19/h6-8H,4-5H2,1-3H3. The maximum atomic E-state index is 12.1. The number of hydrogen-bond acceptors (Lipinski definition) is 4. The minimum atomic E-state index is -0.105. The van der Waals surface area contributed by atoms with Gasteiger partial charge in [0.05, 0.1) is 18.6 Å². The summed E-state index contributed by atoms with van der Waals surface area (Å²) in [7, 11) is 0. The van der Waals surface area contributed by atoms with Crippen molar-refractivity contribution in [3.8, 4) is 0 Å². The van der Waals surface area contributed by atoms with E-state index in [2.05, 4.69) is 44.8 Å². The SMILES string of the molecule is Cc1ncn(Cc2ncnn2CC(C)C)c(=O)c1Br. The van der Waals surface area contributed by atoms with E-state index < -0.39 is 0 Å². The number of aryl methyl sites for hydroxylation is 1. The van der Waals surface area contributed by atoms with Crippen molar-refractivity contribution in [2.45, 2.75) is 33.9 Å². The fourth-order valence-corrected chi connectivity index (χ4v) is 2.05. The average molecular weight is 326 g/mol. The molecular formula is C12H16BrN5O. The van der Waals surface area contributed by atoms with Gasteiger partial charge in [0.15, 0.2) is 0 Å². The molecule has 102 valence electrons.